The highest BCUT2D eigenvalue weighted by Crippen LogP contribution is 2.32. The lowest BCUT2D eigenvalue weighted by molar-refractivity contribution is -0.140. The molecule has 0 spiro atoms. The molecule has 1 heterocycles. The number of hydrogen-bond donors (Lipinski definition) is 1. The molecule has 1 aliphatic heterocycles. The molecular weight excluding hydrogens is 344 g/mol. The van der Waals surface area contributed by atoms with Crippen LogP contribution in [0.15, 0.2) is 53.7 Å². The zero-order chi connectivity index (χ0) is 19.4. The van der Waals surface area contributed by atoms with Gasteiger partial charge in [0.25, 0.3) is 0 Å². The molecule has 0 bridgehead atoms. The molecule has 0 unspecified atom stereocenters. The van der Waals surface area contributed by atoms with E-state index in [0.717, 1.165) is 16.3 Å². The zero-order valence-electron chi connectivity index (χ0n) is 15.8. The Labute approximate surface area is 158 Å². The second-order valence-electron chi connectivity index (χ2n) is 6.36. The maximum Gasteiger partial charge on any atom is 0.338 e. The minimum atomic E-state index is -0.556. The van der Waals surface area contributed by atoms with E-state index < -0.39 is 12.0 Å². The molecule has 2 aromatic carbocycles. The van der Waals surface area contributed by atoms with Gasteiger partial charge in [-0.15, -0.1) is 0 Å². The van der Waals surface area contributed by atoms with Crippen LogP contribution >= 0.6 is 0 Å². The quantitative estimate of drug-likeness (QED) is 0.627. The third-order valence-electron chi connectivity index (χ3n) is 4.76. The fraction of sp³-hybridized carbons (Fsp3) is 0.333. The number of fused-ring (bicyclic) bond motifs is 1. The first-order valence-corrected chi connectivity index (χ1v) is 9.00. The zero-order valence-corrected chi connectivity index (χ0v) is 15.8. The van der Waals surface area contributed by atoms with Crippen LogP contribution in [0.2, 0.25) is 0 Å². The molecule has 0 fully saturated rings. The van der Waals surface area contributed by atoms with Gasteiger partial charge in [-0.1, -0.05) is 36.4 Å². The number of rotatable bonds is 6. The van der Waals surface area contributed by atoms with Crippen LogP contribution in [0.4, 0.5) is 4.79 Å². The van der Waals surface area contributed by atoms with Crippen LogP contribution in [0.25, 0.3) is 10.8 Å². The van der Waals surface area contributed by atoms with Gasteiger partial charge >= 0.3 is 12.0 Å². The number of urea groups is 1. The largest absolute Gasteiger partial charge is 0.460 e. The van der Waals surface area contributed by atoms with E-state index in [0.29, 0.717) is 24.4 Å². The number of benzene rings is 2. The number of amides is 2. The Bertz CT molecular complexity index is 891. The van der Waals surface area contributed by atoms with Gasteiger partial charge < -0.3 is 14.8 Å². The predicted molar refractivity (Wildman–Crippen MR) is 103 cm³/mol. The van der Waals surface area contributed by atoms with E-state index in [-0.39, 0.29) is 12.6 Å². The van der Waals surface area contributed by atoms with E-state index in [2.05, 4.69) is 5.32 Å². The number of esters is 1. The van der Waals surface area contributed by atoms with Gasteiger partial charge in [-0.3, -0.25) is 4.90 Å². The lowest BCUT2D eigenvalue weighted by Gasteiger charge is -2.35. The Morgan fingerprint density at radius 3 is 2.59 bits per heavy atom. The van der Waals surface area contributed by atoms with Crippen molar-refractivity contribution in [3.63, 3.8) is 0 Å². The smallest absolute Gasteiger partial charge is 0.338 e. The standard InChI is InChI=1S/C21H24N2O4/c1-4-23-14(2)18(20(24)27-12-11-26-3)19(22-21(23)25)17-10-9-15-7-5-6-8-16(15)13-17/h5-10,13,19H,4,11-12H2,1-3H3,(H,22,25)/t19-/m1/s1. The molecule has 6 heteroatoms. The number of ether oxygens (including phenoxy) is 2. The molecule has 0 radical (unpaired) electrons. The third kappa shape index (κ3) is 3.80. The van der Waals surface area contributed by atoms with Gasteiger partial charge in [-0.2, -0.15) is 0 Å². The first-order valence-electron chi connectivity index (χ1n) is 9.00. The molecule has 6 nitrogen and oxygen atoms in total. The summed E-state index contributed by atoms with van der Waals surface area (Å²) in [6.07, 6.45) is 0. The Balaban J connectivity index is 2.02. The summed E-state index contributed by atoms with van der Waals surface area (Å²) in [5.41, 5.74) is 1.90. The SMILES string of the molecule is CCN1C(=O)N[C@H](c2ccc3ccccc3c2)C(C(=O)OCCOC)=C1C. The first-order chi connectivity index (χ1) is 13.1. The van der Waals surface area contributed by atoms with Crippen molar-refractivity contribution < 1.29 is 19.1 Å². The van der Waals surface area contributed by atoms with Gasteiger partial charge in [-0.05, 0) is 36.2 Å². The fourth-order valence-electron chi connectivity index (χ4n) is 3.36. The highest BCUT2D eigenvalue weighted by atomic mass is 16.6. The van der Waals surface area contributed by atoms with Crippen LogP contribution < -0.4 is 5.32 Å². The van der Waals surface area contributed by atoms with E-state index >= 15 is 0 Å². The highest BCUT2D eigenvalue weighted by molar-refractivity contribution is 5.95. The monoisotopic (exact) mass is 368 g/mol. The molecule has 27 heavy (non-hydrogen) atoms. The molecule has 2 aromatic rings. The summed E-state index contributed by atoms with van der Waals surface area (Å²) in [6, 6.07) is 13.1. The van der Waals surface area contributed by atoms with Crippen LogP contribution in [0.5, 0.6) is 0 Å². The Morgan fingerprint density at radius 1 is 1.15 bits per heavy atom. The van der Waals surface area contributed by atoms with Crippen molar-refractivity contribution in [1.29, 1.82) is 0 Å². The lowest BCUT2D eigenvalue weighted by Crippen LogP contribution is -2.47. The third-order valence-corrected chi connectivity index (χ3v) is 4.76. The van der Waals surface area contributed by atoms with Crippen molar-refractivity contribution in [3.05, 3.63) is 59.3 Å². The summed E-state index contributed by atoms with van der Waals surface area (Å²) in [5.74, 6) is -0.443. The first kappa shape index (κ1) is 18.9. The average molecular weight is 368 g/mol. The summed E-state index contributed by atoms with van der Waals surface area (Å²) in [7, 11) is 1.55. The van der Waals surface area contributed by atoms with Gasteiger partial charge in [-0.25, -0.2) is 9.59 Å². The Hall–Kier alpha value is -2.86. The van der Waals surface area contributed by atoms with Crippen LogP contribution in [-0.2, 0) is 14.3 Å². The molecular formula is C21H24N2O4. The van der Waals surface area contributed by atoms with E-state index in [1.54, 1.807) is 18.9 Å². The van der Waals surface area contributed by atoms with Crippen LogP contribution in [0.3, 0.4) is 0 Å². The number of allylic oxidation sites excluding steroid dienone is 1. The van der Waals surface area contributed by atoms with Crippen molar-refractivity contribution >= 4 is 22.8 Å². The minimum Gasteiger partial charge on any atom is -0.460 e. The molecule has 1 aliphatic rings. The number of nitrogens with one attached hydrogen (secondary N) is 1. The van der Waals surface area contributed by atoms with Crippen molar-refractivity contribution in [2.45, 2.75) is 19.9 Å². The maximum atomic E-state index is 12.8. The van der Waals surface area contributed by atoms with Crippen molar-refractivity contribution in [1.82, 2.24) is 10.2 Å². The summed E-state index contributed by atoms with van der Waals surface area (Å²) < 4.78 is 10.3. The molecule has 3 rings (SSSR count). The van der Waals surface area contributed by atoms with Gasteiger partial charge in [0.1, 0.15) is 6.61 Å². The Kier molecular flexibility index (Phi) is 5.76. The van der Waals surface area contributed by atoms with Gasteiger partial charge in [0.15, 0.2) is 0 Å². The number of methoxy groups -OCH3 is 1. The normalized spacial score (nSPS) is 17.2. The van der Waals surface area contributed by atoms with Gasteiger partial charge in [0.2, 0.25) is 0 Å². The van der Waals surface area contributed by atoms with Crippen LogP contribution in [-0.4, -0.2) is 43.8 Å². The van der Waals surface area contributed by atoms with Crippen molar-refractivity contribution in [2.24, 2.45) is 0 Å². The maximum absolute atomic E-state index is 12.8. The van der Waals surface area contributed by atoms with Gasteiger partial charge in [0, 0.05) is 19.4 Å². The number of hydrogen-bond acceptors (Lipinski definition) is 4. The Morgan fingerprint density at radius 2 is 1.89 bits per heavy atom. The summed E-state index contributed by atoms with van der Waals surface area (Å²) in [5, 5.41) is 5.10. The second-order valence-corrected chi connectivity index (χ2v) is 6.36. The molecule has 0 saturated carbocycles. The van der Waals surface area contributed by atoms with E-state index in [9.17, 15) is 9.59 Å². The molecule has 0 aliphatic carbocycles. The highest BCUT2D eigenvalue weighted by Gasteiger charge is 2.35. The van der Waals surface area contributed by atoms with E-state index in [1.165, 1.54) is 0 Å². The average Bonchev–Trinajstić information content (AvgIpc) is 2.67. The molecule has 2 amide bonds. The second kappa shape index (κ2) is 8.22. The predicted octanol–water partition coefficient (Wildman–Crippen LogP) is 3.39. The van der Waals surface area contributed by atoms with Crippen LogP contribution in [0, 0.1) is 0 Å². The molecule has 1 atom stereocenters. The number of nitrogens with zero attached hydrogens (tertiary/aromatic N) is 1. The van der Waals surface area contributed by atoms with Crippen molar-refractivity contribution in [3.8, 4) is 0 Å². The van der Waals surface area contributed by atoms with Gasteiger partial charge in [0.05, 0.1) is 18.2 Å². The molecule has 142 valence electrons. The molecule has 0 aromatic heterocycles. The summed E-state index contributed by atoms with van der Waals surface area (Å²) in [6.45, 7) is 4.60. The van der Waals surface area contributed by atoms with Crippen LogP contribution in [0.1, 0.15) is 25.5 Å². The fourth-order valence-corrected chi connectivity index (χ4v) is 3.36. The minimum absolute atomic E-state index is 0.163. The topological polar surface area (TPSA) is 67.9 Å². The number of carbonyl (C=O) groups is 2. The summed E-state index contributed by atoms with van der Waals surface area (Å²) in [4.78, 5) is 26.9. The van der Waals surface area contributed by atoms with Crippen molar-refractivity contribution in [2.75, 3.05) is 26.9 Å². The van der Waals surface area contributed by atoms with E-state index in [4.69, 9.17) is 9.47 Å². The van der Waals surface area contributed by atoms with E-state index in [1.807, 2.05) is 49.4 Å². The molecule has 1 N–H and O–H groups in total. The molecule has 0 saturated heterocycles. The summed E-state index contributed by atoms with van der Waals surface area (Å²) >= 11 is 0. The lowest BCUT2D eigenvalue weighted by atomic mass is 9.93. The number of carbonyl (C=O) groups excluding carboxylic acids is 2.